The second-order valence-electron chi connectivity index (χ2n) is 10.2. The summed E-state index contributed by atoms with van der Waals surface area (Å²) < 4.78 is 12.3. The molecule has 5 heteroatoms. The number of benzene rings is 3. The van der Waals surface area contributed by atoms with Crippen LogP contribution >= 0.6 is 0 Å². The van der Waals surface area contributed by atoms with Crippen molar-refractivity contribution in [3.63, 3.8) is 0 Å². The van der Waals surface area contributed by atoms with Crippen molar-refractivity contribution in [2.24, 2.45) is 9.98 Å². The fourth-order valence-corrected chi connectivity index (χ4v) is 6.82. The molecular weight excluding hydrogens is 436 g/mol. The fraction of sp³-hybridized carbons (Fsp3) is 0.310. The normalized spacial score (nSPS) is 19.9. The molecule has 0 aromatic heterocycles. The molecule has 3 aromatic rings. The van der Waals surface area contributed by atoms with E-state index in [9.17, 15) is 0 Å². The molecule has 4 nitrogen and oxygen atoms in total. The zero-order valence-electron chi connectivity index (χ0n) is 20.2. The Hall–Kier alpha value is -3.18. The molecule has 0 aliphatic carbocycles. The van der Waals surface area contributed by atoms with Gasteiger partial charge >= 0.3 is 0 Å². The topological polar surface area (TPSA) is 43.2 Å². The third-order valence-electron chi connectivity index (χ3n) is 6.33. The zero-order chi connectivity index (χ0) is 23.5. The highest BCUT2D eigenvalue weighted by molar-refractivity contribution is 6.90. The van der Waals surface area contributed by atoms with E-state index >= 15 is 0 Å². The van der Waals surface area contributed by atoms with Crippen LogP contribution in [-0.2, 0) is 22.3 Å². The van der Waals surface area contributed by atoms with Crippen molar-refractivity contribution in [2.45, 2.75) is 44.6 Å². The van der Waals surface area contributed by atoms with E-state index < -0.39 is 8.07 Å². The Morgan fingerprint density at radius 2 is 1.09 bits per heavy atom. The Morgan fingerprint density at radius 1 is 0.647 bits per heavy atom. The molecule has 2 atom stereocenters. The monoisotopic (exact) mass is 468 g/mol. The van der Waals surface area contributed by atoms with Gasteiger partial charge in [0, 0.05) is 11.1 Å². The Morgan fingerprint density at radius 3 is 1.50 bits per heavy atom. The summed E-state index contributed by atoms with van der Waals surface area (Å²) in [6.45, 7) is 8.34. The second-order valence-corrected chi connectivity index (χ2v) is 15.2. The van der Waals surface area contributed by atoms with Gasteiger partial charge in [0.1, 0.15) is 13.2 Å². The van der Waals surface area contributed by atoms with Gasteiger partial charge in [0.15, 0.2) is 0 Å². The van der Waals surface area contributed by atoms with Crippen LogP contribution in [0.1, 0.15) is 22.3 Å². The van der Waals surface area contributed by atoms with Gasteiger partial charge in [-0.25, -0.2) is 9.98 Å². The van der Waals surface area contributed by atoms with E-state index in [0.717, 1.165) is 35.8 Å². The molecule has 0 bridgehead atoms. The van der Waals surface area contributed by atoms with E-state index in [0.29, 0.717) is 13.2 Å². The summed E-state index contributed by atoms with van der Waals surface area (Å²) in [5, 5.41) is 1.31. The lowest BCUT2D eigenvalue weighted by Crippen LogP contribution is -2.45. The van der Waals surface area contributed by atoms with E-state index in [1.54, 1.807) is 0 Å². The average molecular weight is 469 g/mol. The first kappa shape index (κ1) is 22.6. The number of nitrogens with zero attached hydrogens (tertiary/aromatic N) is 2. The number of aliphatic imine (C=N–C) groups is 2. The molecule has 0 N–H and O–H groups in total. The third-order valence-corrected chi connectivity index (χ3v) is 8.37. The van der Waals surface area contributed by atoms with Crippen LogP contribution in [0.3, 0.4) is 0 Å². The SMILES string of the molecule is C[Si](C)(C)c1c(C2=N[C@@H](Cc3ccccc3)CO2)cccc1C1=N[C@@H](Cc2ccccc2)CO1. The molecule has 34 heavy (non-hydrogen) atoms. The van der Waals surface area contributed by atoms with Crippen molar-refractivity contribution < 1.29 is 9.47 Å². The van der Waals surface area contributed by atoms with Gasteiger partial charge in [-0.05, 0) is 41.3 Å². The van der Waals surface area contributed by atoms with Crippen LogP contribution in [0.2, 0.25) is 19.6 Å². The van der Waals surface area contributed by atoms with Gasteiger partial charge in [0.05, 0.1) is 20.2 Å². The summed E-state index contributed by atoms with van der Waals surface area (Å²) in [4.78, 5) is 10.0. The number of rotatable bonds is 7. The molecule has 0 spiro atoms. The summed E-state index contributed by atoms with van der Waals surface area (Å²) in [6, 6.07) is 27.7. The lowest BCUT2D eigenvalue weighted by molar-refractivity contribution is 0.316. The van der Waals surface area contributed by atoms with Gasteiger partial charge in [-0.15, -0.1) is 0 Å². The predicted octanol–water partition coefficient (Wildman–Crippen LogP) is 5.01. The first-order chi connectivity index (χ1) is 16.5. The molecule has 2 heterocycles. The van der Waals surface area contributed by atoms with Crippen molar-refractivity contribution in [3.8, 4) is 0 Å². The molecule has 5 rings (SSSR count). The third kappa shape index (κ3) is 4.99. The van der Waals surface area contributed by atoms with Crippen LogP contribution in [-0.4, -0.2) is 45.2 Å². The summed E-state index contributed by atoms with van der Waals surface area (Å²) in [5.41, 5.74) is 4.78. The highest BCUT2D eigenvalue weighted by Gasteiger charge is 2.32. The van der Waals surface area contributed by atoms with E-state index in [1.807, 2.05) is 12.1 Å². The van der Waals surface area contributed by atoms with Gasteiger partial charge in [-0.3, -0.25) is 0 Å². The standard InChI is InChI=1S/C29H32N2O2Si/c1-34(2,3)27-25(28-30-23(19-32-28)17-21-11-6-4-7-12-21)15-10-16-26(27)29-31-24(20-33-29)18-22-13-8-5-9-14-22/h4-16,23-24H,17-20H2,1-3H3/t23-,24-/m0/s1. The largest absolute Gasteiger partial charge is 0.475 e. The van der Waals surface area contributed by atoms with Crippen molar-refractivity contribution in [1.82, 2.24) is 0 Å². The maximum atomic E-state index is 6.17. The van der Waals surface area contributed by atoms with Crippen LogP contribution in [0, 0.1) is 0 Å². The maximum Gasteiger partial charge on any atom is 0.216 e. The lowest BCUT2D eigenvalue weighted by atomic mass is 10.1. The van der Waals surface area contributed by atoms with Gasteiger partial charge < -0.3 is 9.47 Å². The minimum Gasteiger partial charge on any atom is -0.475 e. The molecule has 0 radical (unpaired) electrons. The molecule has 2 aliphatic rings. The molecule has 174 valence electrons. The smallest absolute Gasteiger partial charge is 0.216 e. The van der Waals surface area contributed by atoms with Crippen LogP contribution in [0.15, 0.2) is 88.8 Å². The zero-order valence-corrected chi connectivity index (χ0v) is 21.2. The molecule has 0 fully saturated rings. The van der Waals surface area contributed by atoms with Crippen LogP contribution in [0.5, 0.6) is 0 Å². The number of hydrogen-bond donors (Lipinski definition) is 0. The van der Waals surface area contributed by atoms with Crippen molar-refractivity contribution in [1.29, 1.82) is 0 Å². The highest BCUT2D eigenvalue weighted by Crippen LogP contribution is 2.22. The molecule has 0 saturated heterocycles. The maximum absolute atomic E-state index is 6.17. The summed E-state index contributed by atoms with van der Waals surface area (Å²) in [6.07, 6.45) is 1.78. The summed E-state index contributed by atoms with van der Waals surface area (Å²) in [5.74, 6) is 1.53. The first-order valence-corrected chi connectivity index (χ1v) is 15.6. The van der Waals surface area contributed by atoms with Crippen molar-refractivity contribution in [2.75, 3.05) is 13.2 Å². The quantitative estimate of drug-likeness (QED) is 0.458. The molecule has 0 unspecified atom stereocenters. The Bertz CT molecular complexity index is 1110. The van der Waals surface area contributed by atoms with E-state index in [1.165, 1.54) is 16.3 Å². The summed E-state index contributed by atoms with van der Waals surface area (Å²) >= 11 is 0. The van der Waals surface area contributed by atoms with E-state index in [-0.39, 0.29) is 12.1 Å². The minimum absolute atomic E-state index is 0.144. The number of hydrogen-bond acceptors (Lipinski definition) is 4. The van der Waals surface area contributed by atoms with Gasteiger partial charge in [-0.1, -0.05) is 86.4 Å². The second kappa shape index (κ2) is 9.59. The van der Waals surface area contributed by atoms with Crippen LogP contribution in [0.25, 0.3) is 0 Å². The molecule has 0 amide bonds. The predicted molar refractivity (Wildman–Crippen MR) is 142 cm³/mol. The van der Waals surface area contributed by atoms with Gasteiger partial charge in [-0.2, -0.15) is 0 Å². The van der Waals surface area contributed by atoms with Gasteiger partial charge in [0.25, 0.3) is 0 Å². The molecule has 2 aliphatic heterocycles. The van der Waals surface area contributed by atoms with Crippen LogP contribution in [0.4, 0.5) is 0 Å². The van der Waals surface area contributed by atoms with Crippen LogP contribution < -0.4 is 5.19 Å². The Labute approximate surface area is 203 Å². The summed E-state index contributed by atoms with van der Waals surface area (Å²) in [7, 11) is -1.77. The molecule has 3 aromatic carbocycles. The lowest BCUT2D eigenvalue weighted by Gasteiger charge is -2.24. The van der Waals surface area contributed by atoms with E-state index in [4.69, 9.17) is 19.5 Å². The average Bonchev–Trinajstić information content (AvgIpc) is 3.49. The molecule has 0 saturated carbocycles. The van der Waals surface area contributed by atoms with E-state index in [2.05, 4.69) is 86.4 Å². The Balaban J connectivity index is 1.44. The Kier molecular flexibility index (Phi) is 6.37. The number of ether oxygens (including phenoxy) is 2. The van der Waals surface area contributed by atoms with Crippen molar-refractivity contribution >= 4 is 25.1 Å². The van der Waals surface area contributed by atoms with Gasteiger partial charge in [0.2, 0.25) is 11.8 Å². The fourth-order valence-electron chi connectivity index (χ4n) is 4.82. The van der Waals surface area contributed by atoms with Crippen molar-refractivity contribution in [3.05, 3.63) is 101 Å². The highest BCUT2D eigenvalue weighted by atomic mass is 28.3. The first-order valence-electron chi connectivity index (χ1n) is 12.1. The molecular formula is C29H32N2O2Si. The minimum atomic E-state index is -1.77.